The van der Waals surface area contributed by atoms with Crippen molar-refractivity contribution in [1.82, 2.24) is 15.6 Å². The zero-order valence-corrected chi connectivity index (χ0v) is 12.7. The molecule has 0 radical (unpaired) electrons. The van der Waals surface area contributed by atoms with E-state index in [1.807, 2.05) is 37.3 Å². The summed E-state index contributed by atoms with van der Waals surface area (Å²) in [7, 11) is 0. The maximum absolute atomic E-state index is 11.6. The van der Waals surface area contributed by atoms with Crippen LogP contribution in [0.3, 0.4) is 0 Å². The van der Waals surface area contributed by atoms with Gasteiger partial charge in [-0.15, -0.1) is 11.3 Å². The summed E-state index contributed by atoms with van der Waals surface area (Å²) in [4.78, 5) is 16.9. The first-order valence-corrected chi connectivity index (χ1v) is 7.63. The van der Waals surface area contributed by atoms with Gasteiger partial charge >= 0.3 is 6.03 Å². The summed E-state index contributed by atoms with van der Waals surface area (Å²) in [6.45, 7) is 2.82. The Morgan fingerprint density at radius 2 is 2.10 bits per heavy atom. The highest BCUT2D eigenvalue weighted by Gasteiger charge is 2.08. The molecule has 0 spiro atoms. The Balaban J connectivity index is 1.65. The number of nitrogens with one attached hydrogen (secondary N) is 2. The van der Waals surface area contributed by atoms with Crippen molar-refractivity contribution in [3.05, 3.63) is 52.0 Å². The van der Waals surface area contributed by atoms with Gasteiger partial charge in [-0.3, -0.25) is 0 Å². The molecular weight excluding hydrogens is 286 g/mol. The lowest BCUT2D eigenvalue weighted by atomic mass is 10.1. The second-order valence-corrected chi connectivity index (χ2v) is 6.01. The van der Waals surface area contributed by atoms with Crippen molar-refractivity contribution >= 4 is 17.4 Å². The van der Waals surface area contributed by atoms with E-state index < -0.39 is 6.10 Å². The molecular formula is C15H19N3O2S. The van der Waals surface area contributed by atoms with Gasteiger partial charge in [-0.25, -0.2) is 9.78 Å². The molecule has 1 aromatic carbocycles. The van der Waals surface area contributed by atoms with E-state index in [2.05, 4.69) is 15.6 Å². The van der Waals surface area contributed by atoms with Gasteiger partial charge in [0.25, 0.3) is 0 Å². The van der Waals surface area contributed by atoms with Gasteiger partial charge in [0.15, 0.2) is 0 Å². The lowest BCUT2D eigenvalue weighted by Gasteiger charge is -2.11. The van der Waals surface area contributed by atoms with Crippen molar-refractivity contribution in [1.29, 1.82) is 0 Å². The fourth-order valence-corrected chi connectivity index (χ4v) is 2.59. The maximum Gasteiger partial charge on any atom is 0.315 e. The number of amides is 2. The topological polar surface area (TPSA) is 74.2 Å². The Bertz CT molecular complexity index is 571. The van der Waals surface area contributed by atoms with Crippen molar-refractivity contribution in [2.24, 2.45) is 0 Å². The number of nitrogens with zero attached hydrogens (tertiary/aromatic N) is 1. The first-order valence-electron chi connectivity index (χ1n) is 6.81. The number of benzene rings is 1. The molecule has 0 aliphatic heterocycles. The molecule has 112 valence electrons. The van der Waals surface area contributed by atoms with Gasteiger partial charge in [0.05, 0.1) is 12.6 Å². The highest BCUT2D eigenvalue weighted by atomic mass is 32.1. The van der Waals surface area contributed by atoms with Crippen LogP contribution in [0.5, 0.6) is 0 Å². The van der Waals surface area contributed by atoms with Crippen molar-refractivity contribution in [3.63, 3.8) is 0 Å². The molecule has 0 aliphatic rings. The minimum atomic E-state index is -0.562. The Hall–Kier alpha value is -1.92. The lowest BCUT2D eigenvalue weighted by Crippen LogP contribution is -2.36. The van der Waals surface area contributed by atoms with Crippen LogP contribution in [0.1, 0.15) is 28.0 Å². The fourth-order valence-electron chi connectivity index (χ4n) is 1.87. The molecule has 1 unspecified atom stereocenters. The van der Waals surface area contributed by atoms with E-state index in [-0.39, 0.29) is 6.03 Å². The number of carbonyl (C=O) groups is 1. The molecule has 2 amide bonds. The van der Waals surface area contributed by atoms with Crippen molar-refractivity contribution in [2.45, 2.75) is 26.0 Å². The molecule has 3 N–H and O–H groups in total. The van der Waals surface area contributed by atoms with E-state index in [0.29, 0.717) is 19.5 Å². The quantitative estimate of drug-likeness (QED) is 0.767. The number of aliphatic hydroxyl groups excluding tert-OH is 1. The second kappa shape index (κ2) is 7.75. The molecule has 2 aromatic rings. The van der Waals surface area contributed by atoms with E-state index in [0.717, 1.165) is 15.4 Å². The van der Waals surface area contributed by atoms with Gasteiger partial charge in [0.2, 0.25) is 0 Å². The summed E-state index contributed by atoms with van der Waals surface area (Å²) in [5.74, 6) is 0. The van der Waals surface area contributed by atoms with E-state index >= 15 is 0 Å². The van der Waals surface area contributed by atoms with Crippen molar-refractivity contribution < 1.29 is 9.90 Å². The van der Waals surface area contributed by atoms with Gasteiger partial charge in [-0.2, -0.15) is 0 Å². The van der Waals surface area contributed by atoms with Gasteiger partial charge in [0, 0.05) is 17.6 Å². The fraction of sp³-hybridized carbons (Fsp3) is 0.333. The van der Waals surface area contributed by atoms with Gasteiger partial charge in [-0.1, -0.05) is 30.3 Å². The maximum atomic E-state index is 11.6. The first-order chi connectivity index (χ1) is 10.1. The number of thiazole rings is 1. The van der Waals surface area contributed by atoms with E-state index in [1.165, 1.54) is 0 Å². The van der Waals surface area contributed by atoms with E-state index in [4.69, 9.17) is 0 Å². The van der Waals surface area contributed by atoms with Crippen LogP contribution < -0.4 is 10.6 Å². The first kappa shape index (κ1) is 15.5. The minimum Gasteiger partial charge on any atom is -0.388 e. The molecule has 0 aliphatic carbocycles. The Morgan fingerprint density at radius 1 is 1.33 bits per heavy atom. The Labute approximate surface area is 128 Å². The van der Waals surface area contributed by atoms with E-state index in [9.17, 15) is 9.90 Å². The average molecular weight is 305 g/mol. The molecule has 0 fully saturated rings. The monoisotopic (exact) mass is 305 g/mol. The summed E-state index contributed by atoms with van der Waals surface area (Å²) in [5.41, 5.74) is 0.859. The molecule has 21 heavy (non-hydrogen) atoms. The second-order valence-electron chi connectivity index (χ2n) is 4.69. The third-order valence-corrected chi connectivity index (χ3v) is 3.87. The predicted octanol–water partition coefficient (Wildman–Crippen LogP) is 2.37. The molecule has 0 bridgehead atoms. The average Bonchev–Trinajstić information content (AvgIpc) is 2.91. The van der Waals surface area contributed by atoms with Crippen LogP contribution in [0.25, 0.3) is 0 Å². The predicted molar refractivity (Wildman–Crippen MR) is 83.1 cm³/mol. The standard InChI is InChI=1S/C15H19N3O2S/c1-11-9-17-14(21-11)10-18-15(20)16-8-7-13(19)12-5-3-2-4-6-12/h2-6,9,13,19H,7-8,10H2,1H3,(H2,16,18,20). The zero-order chi connectivity index (χ0) is 15.1. The number of carbonyl (C=O) groups excluding carboxylic acids is 1. The Kier molecular flexibility index (Phi) is 5.71. The van der Waals surface area contributed by atoms with Gasteiger partial charge < -0.3 is 15.7 Å². The Morgan fingerprint density at radius 3 is 2.76 bits per heavy atom. The number of rotatable bonds is 6. The van der Waals surface area contributed by atoms with Crippen LogP contribution in [-0.2, 0) is 6.54 Å². The van der Waals surface area contributed by atoms with Crippen molar-refractivity contribution in [2.75, 3.05) is 6.54 Å². The molecule has 1 aromatic heterocycles. The van der Waals surface area contributed by atoms with Crippen LogP contribution in [0, 0.1) is 6.92 Å². The SMILES string of the molecule is Cc1cnc(CNC(=O)NCCC(O)c2ccccc2)s1. The normalized spacial score (nSPS) is 11.9. The molecule has 2 rings (SSSR count). The number of aliphatic hydroxyl groups is 1. The summed E-state index contributed by atoms with van der Waals surface area (Å²) >= 11 is 1.56. The molecule has 0 saturated carbocycles. The number of hydrogen-bond donors (Lipinski definition) is 3. The van der Waals surface area contributed by atoms with Crippen LogP contribution in [0.4, 0.5) is 4.79 Å². The molecule has 6 heteroatoms. The number of urea groups is 1. The summed E-state index contributed by atoms with van der Waals surface area (Å²) in [5, 5.41) is 16.3. The minimum absolute atomic E-state index is 0.247. The molecule has 1 atom stereocenters. The highest BCUT2D eigenvalue weighted by molar-refractivity contribution is 7.11. The van der Waals surface area contributed by atoms with Gasteiger partial charge in [0.1, 0.15) is 5.01 Å². The molecule has 5 nitrogen and oxygen atoms in total. The van der Waals surface area contributed by atoms with Crippen LogP contribution >= 0.6 is 11.3 Å². The zero-order valence-electron chi connectivity index (χ0n) is 11.9. The third kappa shape index (κ3) is 5.17. The van der Waals surface area contributed by atoms with Crippen molar-refractivity contribution in [3.8, 4) is 0 Å². The summed E-state index contributed by atoms with van der Waals surface area (Å²) in [6.07, 6.45) is 1.71. The molecule has 1 heterocycles. The number of aromatic nitrogens is 1. The lowest BCUT2D eigenvalue weighted by molar-refractivity contribution is 0.167. The number of aryl methyl sites for hydroxylation is 1. The largest absolute Gasteiger partial charge is 0.388 e. The summed E-state index contributed by atoms with van der Waals surface area (Å²) in [6, 6.07) is 9.17. The van der Waals surface area contributed by atoms with Crippen LogP contribution in [0.15, 0.2) is 36.5 Å². The van der Waals surface area contributed by atoms with Gasteiger partial charge in [-0.05, 0) is 18.9 Å². The molecule has 0 saturated heterocycles. The third-order valence-electron chi connectivity index (χ3n) is 2.96. The summed E-state index contributed by atoms with van der Waals surface area (Å²) < 4.78 is 0. The number of hydrogen-bond acceptors (Lipinski definition) is 4. The van der Waals surface area contributed by atoms with Crippen LogP contribution in [-0.4, -0.2) is 22.7 Å². The van der Waals surface area contributed by atoms with E-state index in [1.54, 1.807) is 17.5 Å². The highest BCUT2D eigenvalue weighted by Crippen LogP contribution is 2.14. The van der Waals surface area contributed by atoms with Crippen LogP contribution in [0.2, 0.25) is 0 Å². The smallest absolute Gasteiger partial charge is 0.315 e.